The molecule has 0 bridgehead atoms. The van der Waals surface area contributed by atoms with Crippen LogP contribution in [0.5, 0.6) is 0 Å². The Morgan fingerprint density at radius 1 is 1.15 bits per heavy atom. The second kappa shape index (κ2) is 10.7. The SMILES string of the molecule is CCOC(C)[C@H](c1ccc(C)cc1)N1CC[C@@H](CC(=O)O)C[C@H]1c1ccc(C(F)(F)F)cc1. The summed E-state index contributed by atoms with van der Waals surface area (Å²) in [6.07, 6.45) is -3.21. The number of rotatable bonds is 8. The van der Waals surface area contributed by atoms with Gasteiger partial charge in [0.15, 0.2) is 0 Å². The number of aliphatic carboxylic acids is 1. The number of hydrogen-bond donors (Lipinski definition) is 1. The number of carboxylic acids is 1. The first kappa shape index (κ1) is 25.2. The molecule has 0 amide bonds. The lowest BCUT2D eigenvalue weighted by atomic mass is 9.82. The van der Waals surface area contributed by atoms with E-state index >= 15 is 0 Å². The third kappa shape index (κ3) is 6.36. The van der Waals surface area contributed by atoms with Gasteiger partial charge in [0, 0.05) is 19.1 Å². The summed E-state index contributed by atoms with van der Waals surface area (Å²) in [5.74, 6) is -0.885. The van der Waals surface area contributed by atoms with E-state index in [2.05, 4.69) is 17.0 Å². The summed E-state index contributed by atoms with van der Waals surface area (Å²) in [6, 6.07) is 13.2. The van der Waals surface area contributed by atoms with Gasteiger partial charge in [0.2, 0.25) is 0 Å². The Morgan fingerprint density at radius 2 is 1.79 bits per heavy atom. The summed E-state index contributed by atoms with van der Waals surface area (Å²) in [5, 5.41) is 9.33. The fourth-order valence-electron chi connectivity index (χ4n) is 4.89. The molecule has 180 valence electrons. The van der Waals surface area contributed by atoms with E-state index < -0.39 is 17.7 Å². The van der Waals surface area contributed by atoms with Gasteiger partial charge in [-0.25, -0.2) is 0 Å². The summed E-state index contributed by atoms with van der Waals surface area (Å²) >= 11 is 0. The van der Waals surface area contributed by atoms with E-state index in [0.717, 1.165) is 28.8 Å². The van der Waals surface area contributed by atoms with Gasteiger partial charge in [0.25, 0.3) is 0 Å². The molecule has 2 aromatic rings. The lowest BCUT2D eigenvalue weighted by Crippen LogP contribution is -2.44. The molecule has 0 spiro atoms. The summed E-state index contributed by atoms with van der Waals surface area (Å²) in [5.41, 5.74) is 2.29. The van der Waals surface area contributed by atoms with Crippen molar-refractivity contribution in [3.05, 3.63) is 70.8 Å². The predicted octanol–water partition coefficient (Wildman–Crippen LogP) is 6.41. The quantitative estimate of drug-likeness (QED) is 0.492. The zero-order valence-electron chi connectivity index (χ0n) is 19.3. The molecule has 4 atom stereocenters. The third-order valence-corrected chi connectivity index (χ3v) is 6.49. The highest BCUT2D eigenvalue weighted by Gasteiger charge is 2.38. The average molecular weight is 464 g/mol. The van der Waals surface area contributed by atoms with E-state index in [4.69, 9.17) is 4.74 Å². The molecule has 1 aliphatic rings. The third-order valence-electron chi connectivity index (χ3n) is 6.49. The van der Waals surface area contributed by atoms with Crippen LogP contribution >= 0.6 is 0 Å². The summed E-state index contributed by atoms with van der Waals surface area (Å²) in [6.45, 7) is 7.16. The van der Waals surface area contributed by atoms with Crippen LogP contribution in [0.1, 0.15) is 67.4 Å². The Labute approximate surface area is 193 Å². The number of halogens is 3. The van der Waals surface area contributed by atoms with Crippen LogP contribution < -0.4 is 0 Å². The molecule has 0 saturated carbocycles. The van der Waals surface area contributed by atoms with Crippen molar-refractivity contribution in [2.45, 2.75) is 64.4 Å². The number of ether oxygens (including phenoxy) is 1. The Kier molecular flexibility index (Phi) is 8.19. The highest BCUT2D eigenvalue weighted by molar-refractivity contribution is 5.67. The van der Waals surface area contributed by atoms with Crippen molar-refractivity contribution in [2.24, 2.45) is 5.92 Å². The normalized spacial score (nSPS) is 21.5. The molecule has 33 heavy (non-hydrogen) atoms. The van der Waals surface area contributed by atoms with Crippen molar-refractivity contribution in [1.29, 1.82) is 0 Å². The van der Waals surface area contributed by atoms with Crippen LogP contribution in [-0.4, -0.2) is 35.2 Å². The minimum absolute atomic E-state index is 0.0351. The lowest BCUT2D eigenvalue weighted by Gasteiger charge is -2.46. The maximum absolute atomic E-state index is 13.1. The fraction of sp³-hybridized carbons (Fsp3) is 0.500. The van der Waals surface area contributed by atoms with Crippen molar-refractivity contribution in [3.8, 4) is 0 Å². The highest BCUT2D eigenvalue weighted by atomic mass is 19.4. The first-order valence-corrected chi connectivity index (χ1v) is 11.4. The molecule has 0 aromatic heterocycles. The number of nitrogens with zero attached hydrogens (tertiary/aromatic N) is 1. The molecule has 1 aliphatic heterocycles. The van der Waals surface area contributed by atoms with E-state index in [-0.39, 0.29) is 30.5 Å². The first-order chi connectivity index (χ1) is 15.6. The van der Waals surface area contributed by atoms with Crippen molar-refractivity contribution in [3.63, 3.8) is 0 Å². The van der Waals surface area contributed by atoms with Gasteiger partial charge in [-0.2, -0.15) is 13.2 Å². The largest absolute Gasteiger partial charge is 0.481 e. The smallest absolute Gasteiger partial charge is 0.416 e. The monoisotopic (exact) mass is 463 g/mol. The van der Waals surface area contributed by atoms with E-state index in [1.54, 1.807) is 0 Å². The molecule has 1 fully saturated rings. The lowest BCUT2D eigenvalue weighted by molar-refractivity contribution is -0.139. The molecule has 1 heterocycles. The van der Waals surface area contributed by atoms with Gasteiger partial charge in [-0.1, -0.05) is 42.0 Å². The van der Waals surface area contributed by atoms with Crippen LogP contribution in [0.25, 0.3) is 0 Å². The molecular weight excluding hydrogens is 431 g/mol. The summed E-state index contributed by atoms with van der Waals surface area (Å²) in [7, 11) is 0. The van der Waals surface area contributed by atoms with Crippen molar-refractivity contribution in [2.75, 3.05) is 13.2 Å². The van der Waals surface area contributed by atoms with Gasteiger partial charge in [-0.15, -0.1) is 0 Å². The minimum atomic E-state index is -4.40. The number of likely N-dealkylation sites (tertiary alicyclic amines) is 1. The Balaban J connectivity index is 2.00. The number of piperidine rings is 1. The fourth-order valence-corrected chi connectivity index (χ4v) is 4.89. The zero-order valence-corrected chi connectivity index (χ0v) is 19.3. The van der Waals surface area contributed by atoms with Crippen molar-refractivity contribution in [1.82, 2.24) is 4.90 Å². The number of carboxylic acid groups (broad SMARTS) is 1. The maximum atomic E-state index is 13.1. The van der Waals surface area contributed by atoms with E-state index in [1.807, 2.05) is 32.9 Å². The molecule has 1 unspecified atom stereocenters. The topological polar surface area (TPSA) is 49.8 Å². The van der Waals surface area contributed by atoms with Gasteiger partial charge in [0.05, 0.1) is 17.7 Å². The second-order valence-electron chi connectivity index (χ2n) is 8.88. The molecule has 3 rings (SSSR count). The Bertz CT molecular complexity index is 912. The van der Waals surface area contributed by atoms with Crippen LogP contribution in [0.3, 0.4) is 0 Å². The molecule has 0 radical (unpaired) electrons. The molecule has 0 aliphatic carbocycles. The number of benzene rings is 2. The van der Waals surface area contributed by atoms with Gasteiger partial charge < -0.3 is 9.84 Å². The Morgan fingerprint density at radius 3 is 2.33 bits per heavy atom. The summed E-state index contributed by atoms with van der Waals surface area (Å²) in [4.78, 5) is 13.7. The summed E-state index contributed by atoms with van der Waals surface area (Å²) < 4.78 is 45.4. The highest BCUT2D eigenvalue weighted by Crippen LogP contribution is 2.43. The van der Waals surface area contributed by atoms with Gasteiger partial charge >= 0.3 is 12.1 Å². The molecule has 1 saturated heterocycles. The van der Waals surface area contributed by atoms with Gasteiger partial charge in [-0.3, -0.25) is 9.69 Å². The second-order valence-corrected chi connectivity index (χ2v) is 8.88. The molecule has 1 N–H and O–H groups in total. The number of aryl methyl sites for hydroxylation is 1. The predicted molar refractivity (Wildman–Crippen MR) is 121 cm³/mol. The standard InChI is InChI=1S/C26H32F3NO3/c1-4-33-18(3)25(21-7-5-17(2)6-8-21)30-14-13-19(16-24(31)32)15-23(30)20-9-11-22(12-10-20)26(27,28)29/h5-12,18-19,23,25H,4,13-16H2,1-3H3,(H,31,32)/t18?,19-,23+,25-/m1/s1. The molecule has 7 heteroatoms. The van der Waals surface area contributed by atoms with E-state index in [1.165, 1.54) is 12.1 Å². The average Bonchev–Trinajstić information content (AvgIpc) is 2.75. The van der Waals surface area contributed by atoms with Gasteiger partial charge in [0.1, 0.15) is 0 Å². The maximum Gasteiger partial charge on any atom is 0.416 e. The van der Waals surface area contributed by atoms with Gasteiger partial charge in [-0.05, 0) is 69.3 Å². The number of alkyl halides is 3. The zero-order chi connectivity index (χ0) is 24.2. The van der Waals surface area contributed by atoms with E-state index in [0.29, 0.717) is 26.0 Å². The van der Waals surface area contributed by atoms with Crippen molar-refractivity contribution >= 4 is 5.97 Å². The van der Waals surface area contributed by atoms with Crippen LogP contribution in [0.4, 0.5) is 13.2 Å². The van der Waals surface area contributed by atoms with E-state index in [9.17, 15) is 23.1 Å². The van der Waals surface area contributed by atoms with Crippen LogP contribution in [0.15, 0.2) is 48.5 Å². The molecular formula is C26H32F3NO3. The van der Waals surface area contributed by atoms with Crippen LogP contribution in [0.2, 0.25) is 0 Å². The number of hydrogen-bond acceptors (Lipinski definition) is 3. The molecule has 2 aromatic carbocycles. The van der Waals surface area contributed by atoms with Crippen LogP contribution in [-0.2, 0) is 15.7 Å². The minimum Gasteiger partial charge on any atom is -0.481 e. The first-order valence-electron chi connectivity index (χ1n) is 11.4. The number of carbonyl (C=O) groups is 1. The molecule has 4 nitrogen and oxygen atoms in total. The Hall–Kier alpha value is -2.38. The van der Waals surface area contributed by atoms with Crippen LogP contribution in [0, 0.1) is 12.8 Å². The van der Waals surface area contributed by atoms with Crippen molar-refractivity contribution < 1.29 is 27.8 Å².